The second-order valence-electron chi connectivity index (χ2n) is 23.6. The summed E-state index contributed by atoms with van der Waals surface area (Å²) in [6, 6.07) is 62.2. The standard InChI is InChI=1S/C72H77NO/c1-8-10-12-14-16-20-43-72(44-21-17-15-13-11-9-2)63-25-19-18-23-57(63)60-41-35-54(47-67(60)72)53-34-40-59-58-39-33-52(45-65(58)71(6,7)66(59)46-53)51-29-27-49(28-30-51)50-31-36-55(37-32-50)73-56-38-42-61-62-24-22-26-64(70(3,4)5)69(62)74-68(61)48-56/h18-19,22-42,45-48,73H,8-17,20-21,43-44H2,1-7H3. The van der Waals surface area contributed by atoms with Crippen molar-refractivity contribution in [3.63, 3.8) is 0 Å². The number of hydrogen-bond acceptors (Lipinski definition) is 2. The first kappa shape index (κ1) is 49.6. The molecule has 1 aromatic heterocycles. The van der Waals surface area contributed by atoms with E-state index in [-0.39, 0.29) is 16.2 Å². The number of para-hydroxylation sites is 1. The third-order valence-electron chi connectivity index (χ3n) is 17.2. The van der Waals surface area contributed by atoms with Crippen molar-refractivity contribution < 1.29 is 4.42 Å². The Morgan fingerprint density at radius 2 is 0.878 bits per heavy atom. The molecule has 2 aliphatic rings. The van der Waals surface area contributed by atoms with Crippen LogP contribution in [0.15, 0.2) is 168 Å². The van der Waals surface area contributed by atoms with Crippen LogP contribution in [0.2, 0.25) is 0 Å². The van der Waals surface area contributed by atoms with Gasteiger partial charge in [-0.15, -0.1) is 0 Å². The maximum atomic E-state index is 6.49. The molecule has 0 amide bonds. The minimum absolute atomic E-state index is 0.00219. The van der Waals surface area contributed by atoms with Crippen LogP contribution in [0.4, 0.5) is 11.4 Å². The van der Waals surface area contributed by atoms with E-state index in [1.165, 1.54) is 168 Å². The van der Waals surface area contributed by atoms with E-state index in [0.717, 1.165) is 27.9 Å². The zero-order valence-corrected chi connectivity index (χ0v) is 45.4. The lowest BCUT2D eigenvalue weighted by atomic mass is 9.70. The Labute approximate surface area is 442 Å². The van der Waals surface area contributed by atoms with E-state index in [9.17, 15) is 0 Å². The lowest BCUT2D eigenvalue weighted by Gasteiger charge is -2.33. The molecule has 0 saturated heterocycles. The first-order valence-corrected chi connectivity index (χ1v) is 28.4. The molecule has 376 valence electrons. The zero-order valence-electron chi connectivity index (χ0n) is 45.4. The van der Waals surface area contributed by atoms with Crippen LogP contribution in [0.25, 0.3) is 77.6 Å². The lowest BCUT2D eigenvalue weighted by molar-refractivity contribution is 0.398. The van der Waals surface area contributed by atoms with Gasteiger partial charge >= 0.3 is 0 Å². The molecule has 1 heterocycles. The largest absolute Gasteiger partial charge is 0.456 e. The monoisotopic (exact) mass is 972 g/mol. The van der Waals surface area contributed by atoms with E-state index >= 15 is 0 Å². The fourth-order valence-electron chi connectivity index (χ4n) is 13.0. The molecule has 0 atom stereocenters. The summed E-state index contributed by atoms with van der Waals surface area (Å²) in [4.78, 5) is 0. The highest BCUT2D eigenvalue weighted by molar-refractivity contribution is 6.07. The molecule has 2 aliphatic carbocycles. The number of hydrogen-bond donors (Lipinski definition) is 1. The minimum atomic E-state index is -0.133. The van der Waals surface area contributed by atoms with Gasteiger partial charge in [0.25, 0.3) is 0 Å². The molecular weight excluding hydrogens is 895 g/mol. The number of benzene rings is 8. The quantitative estimate of drug-likeness (QED) is 0.0817. The van der Waals surface area contributed by atoms with Gasteiger partial charge in [0.15, 0.2) is 0 Å². The molecule has 0 aliphatic heterocycles. The first-order chi connectivity index (χ1) is 36.0. The Morgan fingerprint density at radius 3 is 1.47 bits per heavy atom. The molecule has 0 saturated carbocycles. The van der Waals surface area contributed by atoms with Crippen LogP contribution < -0.4 is 5.32 Å². The molecule has 0 radical (unpaired) electrons. The van der Waals surface area contributed by atoms with Crippen molar-refractivity contribution in [3.8, 4) is 55.6 Å². The Balaban J connectivity index is 0.812. The molecule has 9 aromatic rings. The van der Waals surface area contributed by atoms with Crippen LogP contribution in [-0.2, 0) is 16.2 Å². The topological polar surface area (TPSA) is 25.2 Å². The maximum absolute atomic E-state index is 6.49. The summed E-state index contributed by atoms with van der Waals surface area (Å²) in [5.74, 6) is 0. The smallest absolute Gasteiger partial charge is 0.139 e. The fraction of sp³-hybridized carbons (Fsp3) is 0.333. The Hall–Kier alpha value is -6.64. The van der Waals surface area contributed by atoms with Gasteiger partial charge in [-0.3, -0.25) is 0 Å². The van der Waals surface area contributed by atoms with E-state index < -0.39 is 0 Å². The SMILES string of the molecule is CCCCCCCCC1(CCCCCCCC)c2ccccc2-c2ccc(-c3ccc4c(c3)C(C)(C)c3cc(-c5ccc(-c6ccc(Nc7ccc8c(c7)oc7c(C(C)(C)C)cccc78)cc6)cc5)ccc3-4)cc21. The van der Waals surface area contributed by atoms with Gasteiger partial charge in [0.2, 0.25) is 0 Å². The third-order valence-corrected chi connectivity index (χ3v) is 17.2. The number of fused-ring (bicyclic) bond motifs is 9. The number of nitrogens with one attached hydrogen (secondary N) is 1. The van der Waals surface area contributed by atoms with Crippen molar-refractivity contribution in [2.75, 3.05) is 5.32 Å². The molecule has 1 N–H and O–H groups in total. The van der Waals surface area contributed by atoms with Crippen molar-refractivity contribution in [2.24, 2.45) is 0 Å². The number of furan rings is 1. The van der Waals surface area contributed by atoms with Gasteiger partial charge < -0.3 is 9.73 Å². The molecule has 8 aromatic carbocycles. The van der Waals surface area contributed by atoms with Crippen LogP contribution in [-0.4, -0.2) is 0 Å². The van der Waals surface area contributed by atoms with Crippen molar-refractivity contribution in [2.45, 2.75) is 155 Å². The molecule has 0 bridgehead atoms. The molecule has 74 heavy (non-hydrogen) atoms. The second kappa shape index (κ2) is 20.6. The van der Waals surface area contributed by atoms with E-state index in [1.807, 2.05) is 0 Å². The molecule has 0 spiro atoms. The lowest BCUT2D eigenvalue weighted by Crippen LogP contribution is -2.25. The van der Waals surface area contributed by atoms with Gasteiger partial charge in [-0.05, 0) is 139 Å². The highest BCUT2D eigenvalue weighted by Gasteiger charge is 2.42. The van der Waals surface area contributed by atoms with Gasteiger partial charge in [0.1, 0.15) is 11.2 Å². The molecular formula is C72H77NO. The van der Waals surface area contributed by atoms with Gasteiger partial charge in [0.05, 0.1) is 0 Å². The third kappa shape index (κ3) is 9.33. The van der Waals surface area contributed by atoms with Gasteiger partial charge in [-0.2, -0.15) is 0 Å². The molecule has 2 heteroatoms. The summed E-state index contributed by atoms with van der Waals surface area (Å²) >= 11 is 0. The summed E-state index contributed by atoms with van der Waals surface area (Å²) in [7, 11) is 0. The first-order valence-electron chi connectivity index (χ1n) is 28.4. The van der Waals surface area contributed by atoms with Crippen molar-refractivity contribution in [3.05, 3.63) is 192 Å². The average molecular weight is 972 g/mol. The summed E-state index contributed by atoms with van der Waals surface area (Å²) in [5.41, 5.74) is 24.3. The average Bonchev–Trinajstić information content (AvgIpc) is 4.00. The summed E-state index contributed by atoms with van der Waals surface area (Å²) in [6.45, 7) is 16.2. The van der Waals surface area contributed by atoms with Crippen LogP contribution >= 0.6 is 0 Å². The van der Waals surface area contributed by atoms with E-state index in [2.05, 4.69) is 218 Å². The van der Waals surface area contributed by atoms with E-state index in [4.69, 9.17) is 4.42 Å². The molecule has 0 fully saturated rings. The molecule has 0 unspecified atom stereocenters. The Bertz CT molecular complexity index is 3430. The summed E-state index contributed by atoms with van der Waals surface area (Å²) in [6.07, 6.45) is 18.5. The molecule has 2 nitrogen and oxygen atoms in total. The number of unbranched alkanes of at least 4 members (excludes halogenated alkanes) is 10. The van der Waals surface area contributed by atoms with Crippen LogP contribution in [0.5, 0.6) is 0 Å². The van der Waals surface area contributed by atoms with E-state index in [0.29, 0.717) is 0 Å². The van der Waals surface area contributed by atoms with Gasteiger partial charge in [0, 0.05) is 44.6 Å². The Morgan fingerprint density at radius 1 is 0.405 bits per heavy atom. The van der Waals surface area contributed by atoms with Crippen LogP contribution in [0.3, 0.4) is 0 Å². The number of rotatable bonds is 19. The maximum Gasteiger partial charge on any atom is 0.139 e. The fourth-order valence-corrected chi connectivity index (χ4v) is 13.0. The van der Waals surface area contributed by atoms with Crippen LogP contribution in [0.1, 0.15) is 166 Å². The van der Waals surface area contributed by atoms with Crippen molar-refractivity contribution >= 4 is 33.3 Å². The molecule has 11 rings (SSSR count). The van der Waals surface area contributed by atoms with Gasteiger partial charge in [-0.1, -0.05) is 241 Å². The predicted molar refractivity (Wildman–Crippen MR) is 318 cm³/mol. The highest BCUT2D eigenvalue weighted by Crippen LogP contribution is 2.56. The normalized spacial score (nSPS) is 14.0. The van der Waals surface area contributed by atoms with E-state index in [1.54, 1.807) is 11.1 Å². The van der Waals surface area contributed by atoms with Gasteiger partial charge in [-0.25, -0.2) is 0 Å². The zero-order chi connectivity index (χ0) is 51.0. The summed E-state index contributed by atoms with van der Waals surface area (Å²) in [5, 5.41) is 5.94. The number of anilines is 2. The Kier molecular flexibility index (Phi) is 13.8. The van der Waals surface area contributed by atoms with Crippen molar-refractivity contribution in [1.29, 1.82) is 0 Å². The minimum Gasteiger partial charge on any atom is -0.456 e. The van der Waals surface area contributed by atoms with Crippen molar-refractivity contribution in [1.82, 2.24) is 0 Å². The van der Waals surface area contributed by atoms with Crippen LogP contribution in [0, 0.1) is 0 Å². The summed E-state index contributed by atoms with van der Waals surface area (Å²) < 4.78 is 6.49. The second-order valence-corrected chi connectivity index (χ2v) is 23.6. The predicted octanol–water partition coefficient (Wildman–Crippen LogP) is 21.7. The highest BCUT2D eigenvalue weighted by atomic mass is 16.3.